The Bertz CT molecular complexity index is 274. The second kappa shape index (κ2) is 5.48. The second-order valence-electron chi connectivity index (χ2n) is 6.40. The zero-order chi connectivity index (χ0) is 12.5. The number of nitrogens with zero attached hydrogens (tertiary/aromatic N) is 1. The van der Waals surface area contributed by atoms with Crippen molar-refractivity contribution in [3.63, 3.8) is 0 Å². The average molecular weight is 252 g/mol. The lowest BCUT2D eigenvalue weighted by molar-refractivity contribution is -0.00716. The fourth-order valence-corrected chi connectivity index (χ4v) is 3.73. The fraction of sp³-hybridized carbons (Fsp3) is 1.00. The van der Waals surface area contributed by atoms with Crippen LogP contribution in [0, 0.1) is 5.92 Å². The van der Waals surface area contributed by atoms with Gasteiger partial charge >= 0.3 is 0 Å². The monoisotopic (exact) mass is 252 g/mol. The Morgan fingerprint density at radius 1 is 1.33 bits per heavy atom. The highest BCUT2D eigenvalue weighted by Gasteiger charge is 2.40. The molecule has 2 saturated heterocycles. The Balaban J connectivity index is 1.64. The van der Waals surface area contributed by atoms with Crippen LogP contribution in [0.5, 0.6) is 0 Å². The zero-order valence-corrected chi connectivity index (χ0v) is 11.9. The highest BCUT2D eigenvalue weighted by molar-refractivity contribution is 4.97. The molecule has 1 N–H and O–H groups in total. The summed E-state index contributed by atoms with van der Waals surface area (Å²) in [6.07, 6.45) is 7.13. The number of hydrogen-bond donors (Lipinski definition) is 1. The van der Waals surface area contributed by atoms with Gasteiger partial charge in [-0.15, -0.1) is 0 Å². The smallest absolute Gasteiger partial charge is 0.0728 e. The third-order valence-corrected chi connectivity index (χ3v) is 5.18. The number of hydrogen-bond acceptors (Lipinski definition) is 3. The average Bonchev–Trinajstić information content (AvgIpc) is 3.12. The molecular weight excluding hydrogens is 224 g/mol. The van der Waals surface area contributed by atoms with Crippen LogP contribution in [0.1, 0.15) is 46.0 Å². The van der Waals surface area contributed by atoms with Crippen LogP contribution >= 0.6 is 0 Å². The van der Waals surface area contributed by atoms with Gasteiger partial charge in [0.25, 0.3) is 0 Å². The van der Waals surface area contributed by atoms with Crippen molar-refractivity contribution >= 4 is 0 Å². The van der Waals surface area contributed by atoms with E-state index in [-0.39, 0.29) is 0 Å². The van der Waals surface area contributed by atoms with Crippen LogP contribution in [0.2, 0.25) is 0 Å². The van der Waals surface area contributed by atoms with Crippen LogP contribution in [0.3, 0.4) is 0 Å². The highest BCUT2D eigenvalue weighted by atomic mass is 16.5. The van der Waals surface area contributed by atoms with E-state index in [0.717, 1.165) is 18.6 Å². The van der Waals surface area contributed by atoms with Crippen molar-refractivity contribution in [2.24, 2.45) is 5.92 Å². The lowest BCUT2D eigenvalue weighted by atomic mass is 9.98. The molecule has 2 heterocycles. The van der Waals surface area contributed by atoms with Crippen LogP contribution in [-0.4, -0.2) is 48.8 Å². The molecule has 0 aromatic carbocycles. The van der Waals surface area contributed by atoms with Gasteiger partial charge in [-0.1, -0.05) is 6.92 Å². The molecule has 0 aromatic heterocycles. The van der Waals surface area contributed by atoms with Crippen LogP contribution in [0.4, 0.5) is 0 Å². The number of piperazine rings is 1. The fourth-order valence-electron chi connectivity index (χ4n) is 3.73. The van der Waals surface area contributed by atoms with Gasteiger partial charge in [-0.05, 0) is 44.9 Å². The number of ether oxygens (including phenoxy) is 1. The van der Waals surface area contributed by atoms with E-state index < -0.39 is 0 Å². The molecule has 0 spiro atoms. The molecule has 3 heteroatoms. The van der Waals surface area contributed by atoms with E-state index in [1.807, 2.05) is 0 Å². The maximum absolute atomic E-state index is 5.91. The van der Waals surface area contributed by atoms with Gasteiger partial charge < -0.3 is 10.1 Å². The van der Waals surface area contributed by atoms with E-state index in [0.29, 0.717) is 18.2 Å². The van der Waals surface area contributed by atoms with Crippen LogP contribution < -0.4 is 5.32 Å². The van der Waals surface area contributed by atoms with E-state index in [1.54, 1.807) is 0 Å². The highest BCUT2D eigenvalue weighted by Crippen LogP contribution is 2.35. The van der Waals surface area contributed by atoms with Crippen molar-refractivity contribution in [2.45, 2.75) is 70.2 Å². The van der Waals surface area contributed by atoms with E-state index in [2.05, 4.69) is 24.1 Å². The number of rotatable bonds is 4. The van der Waals surface area contributed by atoms with E-state index in [4.69, 9.17) is 4.74 Å². The molecular formula is C15H28N2O. The van der Waals surface area contributed by atoms with E-state index in [1.165, 1.54) is 45.2 Å². The molecule has 0 amide bonds. The Labute approximate surface area is 111 Å². The standard InChI is InChI=1S/C15H28N2O/c1-3-13-9-16-14(12-6-7-12)10-17(13)11(2)15-5-4-8-18-15/h11-16H,3-10H2,1-2H3. The first-order chi connectivity index (χ1) is 8.79. The Kier molecular flexibility index (Phi) is 3.92. The van der Waals surface area contributed by atoms with Crippen LogP contribution in [0.15, 0.2) is 0 Å². The first-order valence-electron chi connectivity index (χ1n) is 7.90. The molecule has 3 aliphatic rings. The van der Waals surface area contributed by atoms with Gasteiger partial charge in [0.15, 0.2) is 0 Å². The van der Waals surface area contributed by atoms with Crippen molar-refractivity contribution in [3.05, 3.63) is 0 Å². The number of nitrogens with one attached hydrogen (secondary N) is 1. The third-order valence-electron chi connectivity index (χ3n) is 5.18. The largest absolute Gasteiger partial charge is 0.377 e. The van der Waals surface area contributed by atoms with Gasteiger partial charge in [0.1, 0.15) is 0 Å². The van der Waals surface area contributed by atoms with Gasteiger partial charge in [-0.2, -0.15) is 0 Å². The molecule has 1 aliphatic carbocycles. The Morgan fingerprint density at radius 3 is 2.78 bits per heavy atom. The minimum Gasteiger partial charge on any atom is -0.377 e. The van der Waals surface area contributed by atoms with Crippen molar-refractivity contribution < 1.29 is 4.74 Å². The molecule has 0 aromatic rings. The summed E-state index contributed by atoms with van der Waals surface area (Å²) in [6.45, 7) is 8.09. The first kappa shape index (κ1) is 12.9. The predicted octanol–water partition coefficient (Wildman–Crippen LogP) is 2.02. The molecule has 3 fully saturated rings. The summed E-state index contributed by atoms with van der Waals surface area (Å²) in [6, 6.07) is 2.05. The van der Waals surface area contributed by atoms with Gasteiger partial charge in [0, 0.05) is 37.8 Å². The van der Waals surface area contributed by atoms with Gasteiger partial charge in [-0.25, -0.2) is 0 Å². The molecule has 4 unspecified atom stereocenters. The molecule has 0 radical (unpaired) electrons. The summed E-state index contributed by atoms with van der Waals surface area (Å²) >= 11 is 0. The second-order valence-corrected chi connectivity index (χ2v) is 6.40. The SMILES string of the molecule is CCC1CNC(C2CC2)CN1C(C)C1CCCO1. The Hall–Kier alpha value is -0.120. The lowest BCUT2D eigenvalue weighted by Gasteiger charge is -2.45. The minimum absolute atomic E-state index is 0.483. The molecule has 3 rings (SSSR count). The first-order valence-corrected chi connectivity index (χ1v) is 7.90. The summed E-state index contributed by atoms with van der Waals surface area (Å²) in [7, 11) is 0. The molecule has 3 nitrogen and oxygen atoms in total. The lowest BCUT2D eigenvalue weighted by Crippen LogP contribution is -2.61. The summed E-state index contributed by atoms with van der Waals surface area (Å²) in [5.74, 6) is 0.960. The van der Waals surface area contributed by atoms with Crippen molar-refractivity contribution in [3.8, 4) is 0 Å². The zero-order valence-electron chi connectivity index (χ0n) is 11.9. The van der Waals surface area contributed by atoms with Gasteiger partial charge in [0.2, 0.25) is 0 Å². The molecule has 0 bridgehead atoms. The van der Waals surface area contributed by atoms with Crippen molar-refractivity contribution in [1.29, 1.82) is 0 Å². The molecule has 104 valence electrons. The van der Waals surface area contributed by atoms with Crippen LogP contribution in [-0.2, 0) is 4.74 Å². The summed E-state index contributed by atoms with van der Waals surface area (Å²) in [5, 5.41) is 3.78. The predicted molar refractivity (Wildman–Crippen MR) is 73.7 cm³/mol. The quantitative estimate of drug-likeness (QED) is 0.828. The van der Waals surface area contributed by atoms with Gasteiger partial charge in [0.05, 0.1) is 6.10 Å². The maximum Gasteiger partial charge on any atom is 0.0728 e. The van der Waals surface area contributed by atoms with Gasteiger partial charge in [-0.3, -0.25) is 4.90 Å². The van der Waals surface area contributed by atoms with Crippen LogP contribution in [0.25, 0.3) is 0 Å². The maximum atomic E-state index is 5.91. The molecule has 4 atom stereocenters. The third kappa shape index (κ3) is 2.59. The summed E-state index contributed by atoms with van der Waals surface area (Å²) in [4.78, 5) is 2.75. The Morgan fingerprint density at radius 2 is 2.17 bits per heavy atom. The molecule has 2 aliphatic heterocycles. The summed E-state index contributed by atoms with van der Waals surface area (Å²) in [5.41, 5.74) is 0. The van der Waals surface area contributed by atoms with E-state index >= 15 is 0 Å². The molecule has 1 saturated carbocycles. The van der Waals surface area contributed by atoms with Crippen molar-refractivity contribution in [1.82, 2.24) is 10.2 Å². The normalized spacial score (nSPS) is 40.0. The van der Waals surface area contributed by atoms with E-state index in [9.17, 15) is 0 Å². The summed E-state index contributed by atoms with van der Waals surface area (Å²) < 4.78 is 5.91. The van der Waals surface area contributed by atoms with Crippen molar-refractivity contribution in [2.75, 3.05) is 19.7 Å². The minimum atomic E-state index is 0.483. The topological polar surface area (TPSA) is 24.5 Å². The molecule has 18 heavy (non-hydrogen) atoms.